The van der Waals surface area contributed by atoms with Gasteiger partial charge in [0.2, 0.25) is 28.6 Å². The maximum Gasteiger partial charge on any atom is 0.247 e. The van der Waals surface area contributed by atoms with Crippen LogP contribution < -0.4 is 14.8 Å². The molecule has 0 aliphatic carbocycles. The number of halogens is 1. The SMILES string of the molecule is CS(=O)(=O)N(CC(=O)N(Cc1ccc(Cl)cc1)C(C(=O)NCc1ccc2c(c1)OCO2)c1ccccc1)Cc1ccccc1. The van der Waals surface area contributed by atoms with Crippen molar-refractivity contribution >= 4 is 33.4 Å². The van der Waals surface area contributed by atoms with Crippen LogP contribution in [0.4, 0.5) is 0 Å². The van der Waals surface area contributed by atoms with Gasteiger partial charge in [0.15, 0.2) is 11.5 Å². The molecule has 0 saturated carbocycles. The van der Waals surface area contributed by atoms with Crippen LogP contribution in [-0.2, 0) is 39.2 Å². The number of hydrogen-bond acceptors (Lipinski definition) is 6. The molecule has 0 saturated heterocycles. The van der Waals surface area contributed by atoms with E-state index in [2.05, 4.69) is 5.32 Å². The highest BCUT2D eigenvalue weighted by atomic mass is 35.5. The molecule has 1 N–H and O–H groups in total. The number of ether oxygens (including phenoxy) is 2. The summed E-state index contributed by atoms with van der Waals surface area (Å²) in [6.07, 6.45) is 1.07. The minimum absolute atomic E-state index is 0.00646. The highest BCUT2D eigenvalue weighted by Crippen LogP contribution is 2.32. The molecule has 0 radical (unpaired) electrons. The predicted molar refractivity (Wildman–Crippen MR) is 167 cm³/mol. The molecular weight excluding hydrogens is 602 g/mol. The van der Waals surface area contributed by atoms with Crippen molar-refractivity contribution in [2.24, 2.45) is 0 Å². The largest absolute Gasteiger partial charge is 0.454 e. The summed E-state index contributed by atoms with van der Waals surface area (Å²) in [6, 6.07) is 29.3. The van der Waals surface area contributed by atoms with E-state index >= 15 is 0 Å². The van der Waals surface area contributed by atoms with E-state index in [1.807, 2.05) is 18.2 Å². The molecule has 44 heavy (non-hydrogen) atoms. The minimum Gasteiger partial charge on any atom is -0.454 e. The quantitative estimate of drug-likeness (QED) is 0.238. The molecule has 4 aromatic rings. The van der Waals surface area contributed by atoms with Crippen molar-refractivity contribution in [1.82, 2.24) is 14.5 Å². The van der Waals surface area contributed by atoms with Gasteiger partial charge < -0.3 is 19.7 Å². The molecule has 1 unspecified atom stereocenters. The van der Waals surface area contributed by atoms with E-state index in [4.69, 9.17) is 21.1 Å². The number of sulfonamides is 1. The highest BCUT2D eigenvalue weighted by Gasteiger charge is 2.34. The van der Waals surface area contributed by atoms with Crippen molar-refractivity contribution in [3.05, 3.63) is 130 Å². The zero-order valence-electron chi connectivity index (χ0n) is 24.1. The van der Waals surface area contributed by atoms with Crippen LogP contribution in [0.5, 0.6) is 11.5 Å². The molecule has 5 rings (SSSR count). The fourth-order valence-corrected chi connectivity index (χ4v) is 5.73. The van der Waals surface area contributed by atoms with Crippen LogP contribution in [0.1, 0.15) is 28.3 Å². The number of benzene rings is 4. The fourth-order valence-electron chi connectivity index (χ4n) is 4.87. The molecule has 1 heterocycles. The molecule has 4 aromatic carbocycles. The molecule has 0 aromatic heterocycles. The topological polar surface area (TPSA) is 105 Å². The van der Waals surface area contributed by atoms with Crippen molar-refractivity contribution in [2.75, 3.05) is 19.6 Å². The third-order valence-electron chi connectivity index (χ3n) is 7.15. The number of hydrogen-bond donors (Lipinski definition) is 1. The van der Waals surface area contributed by atoms with Gasteiger partial charge in [0.25, 0.3) is 0 Å². The molecule has 0 spiro atoms. The lowest BCUT2D eigenvalue weighted by Crippen LogP contribution is -2.47. The number of rotatable bonds is 12. The number of nitrogens with one attached hydrogen (secondary N) is 1. The van der Waals surface area contributed by atoms with E-state index in [9.17, 15) is 18.0 Å². The number of fused-ring (bicyclic) bond motifs is 1. The summed E-state index contributed by atoms with van der Waals surface area (Å²) in [5.41, 5.74) is 2.82. The van der Waals surface area contributed by atoms with E-state index in [1.54, 1.807) is 84.9 Å². The van der Waals surface area contributed by atoms with Gasteiger partial charge in [0.05, 0.1) is 12.8 Å². The van der Waals surface area contributed by atoms with Gasteiger partial charge in [-0.2, -0.15) is 4.31 Å². The van der Waals surface area contributed by atoms with Crippen molar-refractivity contribution < 1.29 is 27.5 Å². The number of carbonyl (C=O) groups excluding carboxylic acids is 2. The van der Waals surface area contributed by atoms with E-state index in [1.165, 1.54) is 4.90 Å². The Kier molecular flexibility index (Phi) is 9.84. The Hall–Kier alpha value is -4.38. The summed E-state index contributed by atoms with van der Waals surface area (Å²) in [5, 5.41) is 3.49. The molecular formula is C33H32ClN3O6S. The van der Waals surface area contributed by atoms with Gasteiger partial charge in [-0.1, -0.05) is 90.5 Å². The Morgan fingerprint density at radius 3 is 2.11 bits per heavy atom. The number of amides is 2. The highest BCUT2D eigenvalue weighted by molar-refractivity contribution is 7.88. The Balaban J connectivity index is 1.46. The second-order valence-corrected chi connectivity index (χ2v) is 12.8. The van der Waals surface area contributed by atoms with E-state index < -0.39 is 34.4 Å². The third kappa shape index (κ3) is 7.96. The average molecular weight is 634 g/mol. The zero-order valence-corrected chi connectivity index (χ0v) is 25.6. The maximum absolute atomic E-state index is 14.2. The standard InChI is InChI=1S/C33H32ClN3O6S/c1-44(40,41)36(20-24-8-4-2-5-9-24)22-31(38)37(21-25-12-15-28(34)16-13-25)32(27-10-6-3-7-11-27)33(39)35-19-26-14-17-29-30(18-26)43-23-42-29/h2-18,32H,19-23H2,1H3,(H,35,39). The van der Waals surface area contributed by atoms with Crippen LogP contribution in [0, 0.1) is 0 Å². The van der Waals surface area contributed by atoms with Gasteiger partial charge in [-0.05, 0) is 46.5 Å². The van der Waals surface area contributed by atoms with Crippen LogP contribution in [0.2, 0.25) is 5.02 Å². The van der Waals surface area contributed by atoms with Crippen LogP contribution in [0.15, 0.2) is 103 Å². The van der Waals surface area contributed by atoms with E-state index in [-0.39, 0.29) is 26.4 Å². The van der Waals surface area contributed by atoms with Gasteiger partial charge in [-0.3, -0.25) is 9.59 Å². The fraction of sp³-hybridized carbons (Fsp3) is 0.212. The maximum atomic E-state index is 14.2. The van der Waals surface area contributed by atoms with Crippen molar-refractivity contribution in [1.29, 1.82) is 0 Å². The first-order chi connectivity index (χ1) is 21.2. The Morgan fingerprint density at radius 2 is 1.43 bits per heavy atom. The van der Waals surface area contributed by atoms with Crippen molar-refractivity contribution in [2.45, 2.75) is 25.7 Å². The van der Waals surface area contributed by atoms with Crippen LogP contribution in [0.25, 0.3) is 0 Å². The molecule has 9 nitrogen and oxygen atoms in total. The molecule has 2 amide bonds. The third-order valence-corrected chi connectivity index (χ3v) is 8.60. The lowest BCUT2D eigenvalue weighted by molar-refractivity contribution is -0.141. The lowest BCUT2D eigenvalue weighted by Gasteiger charge is -2.33. The second kappa shape index (κ2) is 13.9. The first kappa shape index (κ1) is 31.1. The summed E-state index contributed by atoms with van der Waals surface area (Å²) >= 11 is 6.12. The van der Waals surface area contributed by atoms with E-state index in [0.29, 0.717) is 22.1 Å². The summed E-state index contributed by atoms with van der Waals surface area (Å²) in [5.74, 6) is 0.265. The molecule has 1 aliphatic heterocycles. The van der Waals surface area contributed by atoms with Crippen LogP contribution in [0.3, 0.4) is 0 Å². The number of carbonyl (C=O) groups is 2. The Labute approximate surface area is 262 Å². The summed E-state index contributed by atoms with van der Waals surface area (Å²) in [6.45, 7) is -0.106. The normalized spacial score (nSPS) is 13.0. The average Bonchev–Trinajstić information content (AvgIpc) is 3.49. The van der Waals surface area contributed by atoms with Crippen molar-refractivity contribution in [3.63, 3.8) is 0 Å². The lowest BCUT2D eigenvalue weighted by atomic mass is 10.0. The van der Waals surface area contributed by atoms with Crippen LogP contribution in [-0.4, -0.2) is 49.0 Å². The Morgan fingerprint density at radius 1 is 0.818 bits per heavy atom. The van der Waals surface area contributed by atoms with Crippen molar-refractivity contribution in [3.8, 4) is 11.5 Å². The number of nitrogens with zero attached hydrogens (tertiary/aromatic N) is 2. The first-order valence-electron chi connectivity index (χ1n) is 13.9. The minimum atomic E-state index is -3.79. The molecule has 11 heteroatoms. The van der Waals surface area contributed by atoms with Gasteiger partial charge in [0.1, 0.15) is 6.04 Å². The van der Waals surface area contributed by atoms with E-state index in [0.717, 1.165) is 27.3 Å². The van der Waals surface area contributed by atoms with Gasteiger partial charge in [0, 0.05) is 24.7 Å². The van der Waals surface area contributed by atoms with Gasteiger partial charge in [-0.25, -0.2) is 8.42 Å². The summed E-state index contributed by atoms with van der Waals surface area (Å²) in [4.78, 5) is 29.6. The molecule has 1 atom stereocenters. The Bertz CT molecular complexity index is 1700. The summed E-state index contributed by atoms with van der Waals surface area (Å²) < 4.78 is 37.7. The molecule has 1 aliphatic rings. The molecule has 0 fully saturated rings. The predicted octanol–water partition coefficient (Wildman–Crippen LogP) is 4.92. The smallest absolute Gasteiger partial charge is 0.247 e. The van der Waals surface area contributed by atoms with Crippen LogP contribution >= 0.6 is 11.6 Å². The summed E-state index contributed by atoms with van der Waals surface area (Å²) in [7, 11) is -3.79. The monoisotopic (exact) mass is 633 g/mol. The van der Waals surface area contributed by atoms with Gasteiger partial charge in [-0.15, -0.1) is 0 Å². The molecule has 0 bridgehead atoms. The first-order valence-corrected chi connectivity index (χ1v) is 16.1. The zero-order chi connectivity index (χ0) is 31.1. The second-order valence-electron chi connectivity index (χ2n) is 10.4. The molecule has 228 valence electrons. The van der Waals surface area contributed by atoms with Gasteiger partial charge >= 0.3 is 0 Å².